The van der Waals surface area contributed by atoms with Crippen molar-refractivity contribution in [3.8, 4) is 5.75 Å². The lowest BCUT2D eigenvalue weighted by Gasteiger charge is -2.20. The number of anilines is 2. The van der Waals surface area contributed by atoms with Crippen LogP contribution < -0.4 is 15.0 Å². The Morgan fingerprint density at radius 2 is 1.91 bits per heavy atom. The molecule has 1 saturated heterocycles. The van der Waals surface area contributed by atoms with E-state index in [2.05, 4.69) is 5.32 Å². The van der Waals surface area contributed by atoms with Crippen LogP contribution >= 0.6 is 11.6 Å². The second-order valence-electron chi connectivity index (χ2n) is 7.80. The molecule has 2 aromatic rings. The molecular weight excluding hydrogens is 466 g/mol. The van der Waals surface area contributed by atoms with Gasteiger partial charge >= 0.3 is 0 Å². The molecule has 8 nitrogen and oxygen atoms in total. The van der Waals surface area contributed by atoms with Gasteiger partial charge in [0, 0.05) is 26.1 Å². The Morgan fingerprint density at radius 1 is 1.21 bits per heavy atom. The summed E-state index contributed by atoms with van der Waals surface area (Å²) in [7, 11) is -2.19. The van der Waals surface area contributed by atoms with E-state index in [-0.39, 0.29) is 34.5 Å². The molecule has 1 aliphatic rings. The number of halogens is 1. The number of hydrogen-bond acceptors (Lipinski definition) is 5. The monoisotopic (exact) mass is 493 g/mol. The van der Waals surface area contributed by atoms with Crippen molar-refractivity contribution >= 4 is 44.8 Å². The fourth-order valence-corrected chi connectivity index (χ4v) is 5.48. The lowest BCUT2D eigenvalue weighted by Crippen LogP contribution is -2.31. The van der Waals surface area contributed by atoms with Crippen molar-refractivity contribution in [3.05, 3.63) is 47.0 Å². The second-order valence-corrected chi connectivity index (χ2v) is 10.1. The van der Waals surface area contributed by atoms with Crippen LogP contribution in [0.5, 0.6) is 5.75 Å². The Kier molecular flexibility index (Phi) is 7.66. The summed E-state index contributed by atoms with van der Waals surface area (Å²) in [6.07, 6.45) is 0.0258. The van der Waals surface area contributed by atoms with Gasteiger partial charge in [-0.1, -0.05) is 31.5 Å². The number of benzene rings is 2. The van der Waals surface area contributed by atoms with Crippen molar-refractivity contribution in [1.82, 2.24) is 4.31 Å². The molecule has 1 fully saturated rings. The molecule has 0 radical (unpaired) electrons. The van der Waals surface area contributed by atoms with Gasteiger partial charge in [0.1, 0.15) is 5.75 Å². The van der Waals surface area contributed by atoms with Gasteiger partial charge in [-0.05, 0) is 42.8 Å². The summed E-state index contributed by atoms with van der Waals surface area (Å²) in [4.78, 5) is 27.3. The summed E-state index contributed by atoms with van der Waals surface area (Å²) in [5.41, 5.74) is 1.77. The third-order valence-electron chi connectivity index (χ3n) is 5.66. The van der Waals surface area contributed by atoms with Gasteiger partial charge in [0.05, 0.1) is 34.3 Å². The second kappa shape index (κ2) is 10.1. The third-order valence-corrected chi connectivity index (χ3v) is 8.04. The number of rotatable bonds is 8. The Balaban J connectivity index is 1.81. The first-order chi connectivity index (χ1) is 15.6. The van der Waals surface area contributed by atoms with E-state index in [4.69, 9.17) is 16.3 Å². The normalized spacial score (nSPS) is 16.4. The molecule has 1 N–H and O–H groups in total. The maximum absolute atomic E-state index is 13.0. The predicted octanol–water partition coefficient (Wildman–Crippen LogP) is 3.68. The maximum Gasteiger partial charge on any atom is 0.243 e. The Hall–Kier alpha value is -2.62. The van der Waals surface area contributed by atoms with Gasteiger partial charge in [-0.3, -0.25) is 9.59 Å². The van der Waals surface area contributed by atoms with E-state index < -0.39 is 21.8 Å². The molecule has 1 aliphatic heterocycles. The number of methoxy groups -OCH3 is 1. The summed E-state index contributed by atoms with van der Waals surface area (Å²) >= 11 is 6.24. The molecule has 1 heterocycles. The topological polar surface area (TPSA) is 96.0 Å². The number of carbonyl (C=O) groups excluding carboxylic acids is 2. The van der Waals surface area contributed by atoms with E-state index >= 15 is 0 Å². The van der Waals surface area contributed by atoms with Crippen LogP contribution in [0.3, 0.4) is 0 Å². The molecule has 0 saturated carbocycles. The predicted molar refractivity (Wildman–Crippen MR) is 128 cm³/mol. The molecule has 10 heteroatoms. The first kappa shape index (κ1) is 25.0. The van der Waals surface area contributed by atoms with Crippen LogP contribution in [0.15, 0.2) is 41.3 Å². The van der Waals surface area contributed by atoms with E-state index in [0.29, 0.717) is 24.5 Å². The maximum atomic E-state index is 13.0. The third kappa shape index (κ3) is 5.15. The number of sulfonamides is 1. The molecule has 33 heavy (non-hydrogen) atoms. The van der Waals surface area contributed by atoms with Gasteiger partial charge in [0.2, 0.25) is 21.8 Å². The smallest absolute Gasteiger partial charge is 0.243 e. The standard InChI is InChI=1S/C23H28ClN3O5S/c1-5-26(6-2)33(30,31)17-8-9-18(24)19(13-17)25-23(29)16-12-22(28)27(14-16)20-11-15(3)7-10-21(20)32-4/h7-11,13,16H,5-6,12,14H2,1-4H3,(H,25,29). The number of amides is 2. The van der Waals surface area contributed by atoms with E-state index in [9.17, 15) is 18.0 Å². The quantitative estimate of drug-likeness (QED) is 0.605. The van der Waals surface area contributed by atoms with Crippen molar-refractivity contribution in [3.63, 3.8) is 0 Å². The fraction of sp³-hybridized carbons (Fsp3) is 0.391. The van der Waals surface area contributed by atoms with Crippen LogP contribution in [0, 0.1) is 12.8 Å². The van der Waals surface area contributed by atoms with Crippen LogP contribution in [0.2, 0.25) is 5.02 Å². The highest BCUT2D eigenvalue weighted by molar-refractivity contribution is 7.89. The number of aryl methyl sites for hydroxylation is 1. The van der Waals surface area contributed by atoms with Crippen LogP contribution in [-0.2, 0) is 19.6 Å². The van der Waals surface area contributed by atoms with Crippen molar-refractivity contribution in [2.45, 2.75) is 32.1 Å². The number of nitrogens with one attached hydrogen (secondary N) is 1. The highest BCUT2D eigenvalue weighted by atomic mass is 35.5. The van der Waals surface area contributed by atoms with Crippen LogP contribution in [0.4, 0.5) is 11.4 Å². The Morgan fingerprint density at radius 3 is 2.55 bits per heavy atom. The molecule has 0 aromatic heterocycles. The van der Waals surface area contributed by atoms with Crippen LogP contribution in [-0.4, -0.2) is 51.3 Å². The van der Waals surface area contributed by atoms with Gasteiger partial charge in [-0.25, -0.2) is 8.42 Å². The largest absolute Gasteiger partial charge is 0.495 e. The van der Waals surface area contributed by atoms with Gasteiger partial charge in [0.15, 0.2) is 0 Å². The summed E-state index contributed by atoms with van der Waals surface area (Å²) in [5, 5.41) is 2.92. The first-order valence-corrected chi connectivity index (χ1v) is 12.5. The van der Waals surface area contributed by atoms with Gasteiger partial charge < -0.3 is 15.0 Å². The van der Waals surface area contributed by atoms with E-state index in [1.165, 1.54) is 29.6 Å². The zero-order valence-electron chi connectivity index (χ0n) is 19.1. The average Bonchev–Trinajstić information content (AvgIpc) is 3.17. The molecule has 2 aromatic carbocycles. The zero-order valence-corrected chi connectivity index (χ0v) is 20.7. The zero-order chi connectivity index (χ0) is 24.3. The number of ether oxygens (including phenoxy) is 1. The Bertz CT molecular complexity index is 1160. The minimum absolute atomic E-state index is 0.0258. The molecule has 0 spiro atoms. The summed E-state index contributed by atoms with van der Waals surface area (Å²) in [6, 6.07) is 9.72. The van der Waals surface area contributed by atoms with Crippen LogP contribution in [0.25, 0.3) is 0 Å². The van der Waals surface area contributed by atoms with E-state index in [0.717, 1.165) is 5.56 Å². The van der Waals surface area contributed by atoms with Crippen molar-refractivity contribution < 1.29 is 22.7 Å². The molecule has 1 unspecified atom stereocenters. The van der Waals surface area contributed by atoms with E-state index in [1.807, 2.05) is 19.1 Å². The van der Waals surface area contributed by atoms with Gasteiger partial charge in [-0.15, -0.1) is 0 Å². The van der Waals surface area contributed by atoms with Crippen molar-refractivity contribution in [1.29, 1.82) is 0 Å². The lowest BCUT2D eigenvalue weighted by molar-refractivity contribution is -0.122. The van der Waals surface area contributed by atoms with E-state index in [1.54, 1.807) is 24.8 Å². The lowest BCUT2D eigenvalue weighted by atomic mass is 10.1. The minimum Gasteiger partial charge on any atom is -0.495 e. The molecule has 1 atom stereocenters. The first-order valence-electron chi connectivity index (χ1n) is 10.7. The SMILES string of the molecule is CCN(CC)S(=O)(=O)c1ccc(Cl)c(NC(=O)C2CC(=O)N(c3cc(C)ccc3OC)C2)c1. The fourth-order valence-electron chi connectivity index (χ4n) is 3.84. The molecule has 2 amide bonds. The summed E-state index contributed by atoms with van der Waals surface area (Å²) in [5.74, 6) is -0.672. The van der Waals surface area contributed by atoms with Gasteiger partial charge in [0.25, 0.3) is 0 Å². The molecule has 0 bridgehead atoms. The molecule has 3 rings (SSSR count). The molecule has 178 valence electrons. The molecule has 0 aliphatic carbocycles. The average molecular weight is 494 g/mol. The summed E-state index contributed by atoms with van der Waals surface area (Å²) < 4.78 is 32.4. The number of nitrogens with zero attached hydrogens (tertiary/aromatic N) is 2. The molecular formula is C23H28ClN3O5S. The van der Waals surface area contributed by atoms with Gasteiger partial charge in [-0.2, -0.15) is 4.31 Å². The van der Waals surface area contributed by atoms with Crippen molar-refractivity contribution in [2.24, 2.45) is 5.92 Å². The summed E-state index contributed by atoms with van der Waals surface area (Å²) in [6.45, 7) is 6.25. The number of hydrogen-bond donors (Lipinski definition) is 1. The number of carbonyl (C=O) groups is 2. The van der Waals surface area contributed by atoms with Crippen molar-refractivity contribution in [2.75, 3.05) is 37.0 Å². The van der Waals surface area contributed by atoms with Crippen LogP contribution in [0.1, 0.15) is 25.8 Å². The minimum atomic E-state index is -3.71. The highest BCUT2D eigenvalue weighted by Gasteiger charge is 2.36. The highest BCUT2D eigenvalue weighted by Crippen LogP contribution is 2.35. The Labute approximate surface area is 199 Å².